The Morgan fingerprint density at radius 2 is 2.25 bits per heavy atom. The molecule has 0 saturated carbocycles. The van der Waals surface area contributed by atoms with Crippen molar-refractivity contribution in [2.45, 2.75) is 18.8 Å². The fourth-order valence-corrected chi connectivity index (χ4v) is 1.61. The number of rotatable bonds is 0. The van der Waals surface area contributed by atoms with E-state index in [-0.39, 0.29) is 17.1 Å². The third-order valence-electron chi connectivity index (χ3n) is 2.06. The minimum atomic E-state index is -2.70. The first kappa shape index (κ1) is 7.92. The summed E-state index contributed by atoms with van der Waals surface area (Å²) in [5.74, 6) is -2.70. The van der Waals surface area contributed by atoms with Crippen LogP contribution in [-0.2, 0) is 12.3 Å². The molecule has 0 aliphatic heterocycles. The van der Waals surface area contributed by atoms with Crippen LogP contribution in [0.15, 0.2) is 12.3 Å². The van der Waals surface area contributed by atoms with Crippen LogP contribution in [0.25, 0.3) is 0 Å². The summed E-state index contributed by atoms with van der Waals surface area (Å²) in [5.41, 5.74) is 0.659. The molecule has 0 fully saturated rings. The maximum absolute atomic E-state index is 13.0. The molecular formula is C8H6ClF2N. The molecule has 1 aliphatic carbocycles. The quantitative estimate of drug-likeness (QED) is 0.572. The first-order valence-corrected chi connectivity index (χ1v) is 4.00. The van der Waals surface area contributed by atoms with E-state index in [2.05, 4.69) is 4.98 Å². The Kier molecular flexibility index (Phi) is 1.58. The zero-order valence-corrected chi connectivity index (χ0v) is 6.91. The Bertz CT molecular complexity index is 325. The molecule has 0 radical (unpaired) electrons. The van der Waals surface area contributed by atoms with E-state index in [4.69, 9.17) is 11.6 Å². The fraction of sp³-hybridized carbons (Fsp3) is 0.375. The lowest BCUT2D eigenvalue weighted by atomic mass is 10.2. The molecule has 0 unspecified atom stereocenters. The van der Waals surface area contributed by atoms with Crippen molar-refractivity contribution in [1.29, 1.82) is 0 Å². The van der Waals surface area contributed by atoms with Crippen molar-refractivity contribution in [3.05, 3.63) is 28.5 Å². The van der Waals surface area contributed by atoms with E-state index in [1.54, 1.807) is 0 Å². The lowest BCUT2D eigenvalue weighted by molar-refractivity contribution is -0.00211. The van der Waals surface area contributed by atoms with E-state index >= 15 is 0 Å². The molecule has 0 spiro atoms. The van der Waals surface area contributed by atoms with Gasteiger partial charge in [0.2, 0.25) is 0 Å². The molecule has 0 N–H and O–H groups in total. The van der Waals surface area contributed by atoms with Crippen molar-refractivity contribution in [2.75, 3.05) is 0 Å². The van der Waals surface area contributed by atoms with E-state index in [0.29, 0.717) is 12.0 Å². The van der Waals surface area contributed by atoms with Crippen LogP contribution in [0.2, 0.25) is 5.15 Å². The zero-order valence-electron chi connectivity index (χ0n) is 6.15. The summed E-state index contributed by atoms with van der Waals surface area (Å²) in [5, 5.41) is 0.284. The summed E-state index contributed by atoms with van der Waals surface area (Å²) in [6.45, 7) is 0. The maximum atomic E-state index is 13.0. The molecule has 0 bridgehead atoms. The highest BCUT2D eigenvalue weighted by molar-refractivity contribution is 6.29. The van der Waals surface area contributed by atoms with Crippen molar-refractivity contribution in [1.82, 2.24) is 4.98 Å². The monoisotopic (exact) mass is 189 g/mol. The van der Waals surface area contributed by atoms with Gasteiger partial charge in [-0.25, -0.2) is 13.8 Å². The highest BCUT2D eigenvalue weighted by Crippen LogP contribution is 2.41. The standard InChI is InChI=1S/C8H6ClF2N/c9-7-3-5-1-2-8(10,11)6(5)4-12-7/h3-4H,1-2H2. The van der Waals surface area contributed by atoms with Gasteiger partial charge in [-0.2, -0.15) is 0 Å². The number of nitrogens with zero attached hydrogens (tertiary/aromatic N) is 1. The van der Waals surface area contributed by atoms with Gasteiger partial charge in [-0.1, -0.05) is 11.6 Å². The highest BCUT2D eigenvalue weighted by atomic mass is 35.5. The summed E-state index contributed by atoms with van der Waals surface area (Å²) in [6, 6.07) is 1.51. The SMILES string of the molecule is FC1(F)CCc2cc(Cl)ncc21. The number of alkyl halides is 2. The fourth-order valence-electron chi connectivity index (χ4n) is 1.43. The van der Waals surface area contributed by atoms with Crippen LogP contribution in [0.5, 0.6) is 0 Å². The second-order valence-corrected chi connectivity index (χ2v) is 3.26. The predicted molar refractivity (Wildman–Crippen MR) is 41.5 cm³/mol. The molecule has 4 heteroatoms. The molecule has 1 aliphatic rings. The lowest BCUT2D eigenvalue weighted by Gasteiger charge is -2.08. The number of hydrogen-bond donors (Lipinski definition) is 0. The first-order valence-electron chi connectivity index (χ1n) is 3.62. The predicted octanol–water partition coefficient (Wildman–Crippen LogP) is 2.77. The van der Waals surface area contributed by atoms with Crippen molar-refractivity contribution >= 4 is 11.6 Å². The van der Waals surface area contributed by atoms with E-state index in [1.165, 1.54) is 12.3 Å². The average molecular weight is 190 g/mol. The minimum Gasteiger partial charge on any atom is -0.244 e. The summed E-state index contributed by atoms with van der Waals surface area (Å²) < 4.78 is 26.0. The smallest absolute Gasteiger partial charge is 0.244 e. The minimum absolute atomic E-state index is 0.0342. The number of pyridine rings is 1. The normalized spacial score (nSPS) is 19.2. The topological polar surface area (TPSA) is 12.9 Å². The van der Waals surface area contributed by atoms with Gasteiger partial charge in [-0.3, -0.25) is 0 Å². The van der Waals surface area contributed by atoms with E-state index in [1.807, 2.05) is 0 Å². The van der Waals surface area contributed by atoms with Crippen LogP contribution in [0.4, 0.5) is 8.78 Å². The highest BCUT2D eigenvalue weighted by Gasteiger charge is 2.39. The molecule has 1 nitrogen and oxygen atoms in total. The Morgan fingerprint density at radius 3 is 3.00 bits per heavy atom. The third kappa shape index (κ3) is 1.08. The molecule has 0 saturated heterocycles. The number of aryl methyl sites for hydroxylation is 1. The molecule has 0 amide bonds. The number of aromatic nitrogens is 1. The third-order valence-corrected chi connectivity index (χ3v) is 2.27. The molecule has 2 rings (SSSR count). The van der Waals surface area contributed by atoms with Gasteiger partial charge in [-0.05, 0) is 18.1 Å². The summed E-state index contributed by atoms with van der Waals surface area (Å²) in [4.78, 5) is 3.63. The number of fused-ring (bicyclic) bond motifs is 1. The zero-order chi connectivity index (χ0) is 8.77. The van der Waals surface area contributed by atoms with Crippen molar-refractivity contribution in [2.24, 2.45) is 0 Å². The van der Waals surface area contributed by atoms with Crippen LogP contribution in [0, 0.1) is 0 Å². The first-order chi connectivity index (χ1) is 5.59. The Hall–Kier alpha value is -0.700. The molecule has 12 heavy (non-hydrogen) atoms. The Labute approximate surface area is 73.4 Å². The van der Waals surface area contributed by atoms with Crippen LogP contribution >= 0.6 is 11.6 Å². The summed E-state index contributed by atoms with van der Waals surface area (Å²) in [7, 11) is 0. The number of halogens is 3. The second-order valence-electron chi connectivity index (χ2n) is 2.87. The largest absolute Gasteiger partial charge is 0.275 e. The maximum Gasteiger partial charge on any atom is 0.275 e. The Morgan fingerprint density at radius 1 is 1.50 bits per heavy atom. The van der Waals surface area contributed by atoms with Gasteiger partial charge in [0.15, 0.2) is 0 Å². The average Bonchev–Trinajstić information content (AvgIpc) is 2.27. The van der Waals surface area contributed by atoms with Gasteiger partial charge < -0.3 is 0 Å². The van der Waals surface area contributed by atoms with Crippen LogP contribution in [0.1, 0.15) is 17.5 Å². The molecule has 1 aromatic rings. The molecular weight excluding hydrogens is 184 g/mol. The lowest BCUT2D eigenvalue weighted by Crippen LogP contribution is -2.07. The van der Waals surface area contributed by atoms with Crippen molar-refractivity contribution in [3.63, 3.8) is 0 Å². The van der Waals surface area contributed by atoms with E-state index in [0.717, 1.165) is 0 Å². The van der Waals surface area contributed by atoms with Gasteiger partial charge in [0.1, 0.15) is 5.15 Å². The number of hydrogen-bond acceptors (Lipinski definition) is 1. The molecule has 1 heterocycles. The van der Waals surface area contributed by atoms with Crippen molar-refractivity contribution in [3.8, 4) is 0 Å². The summed E-state index contributed by atoms with van der Waals surface area (Å²) >= 11 is 5.56. The van der Waals surface area contributed by atoms with Gasteiger partial charge in [-0.15, -0.1) is 0 Å². The molecule has 0 aromatic carbocycles. The van der Waals surface area contributed by atoms with Gasteiger partial charge in [0.25, 0.3) is 5.92 Å². The van der Waals surface area contributed by atoms with Gasteiger partial charge in [0.05, 0.1) is 0 Å². The van der Waals surface area contributed by atoms with Crippen LogP contribution in [0.3, 0.4) is 0 Å². The molecule has 0 atom stereocenters. The summed E-state index contributed by atoms with van der Waals surface area (Å²) in [6.07, 6.45) is 1.44. The van der Waals surface area contributed by atoms with E-state index in [9.17, 15) is 8.78 Å². The molecule has 1 aromatic heterocycles. The van der Waals surface area contributed by atoms with E-state index < -0.39 is 5.92 Å². The van der Waals surface area contributed by atoms with Crippen molar-refractivity contribution < 1.29 is 8.78 Å². The Balaban J connectivity index is 2.55. The van der Waals surface area contributed by atoms with Crippen LogP contribution < -0.4 is 0 Å². The van der Waals surface area contributed by atoms with Crippen LogP contribution in [-0.4, -0.2) is 4.98 Å². The second kappa shape index (κ2) is 2.39. The van der Waals surface area contributed by atoms with Gasteiger partial charge >= 0.3 is 0 Å². The molecule has 64 valence electrons. The van der Waals surface area contributed by atoms with Gasteiger partial charge in [0, 0.05) is 18.2 Å².